The molecule has 2 aliphatic heterocycles. The summed E-state index contributed by atoms with van der Waals surface area (Å²) in [6.45, 7) is 4.77. The molecule has 120 valence electrons. The van der Waals surface area contributed by atoms with Gasteiger partial charge in [-0.15, -0.1) is 0 Å². The van der Waals surface area contributed by atoms with E-state index in [2.05, 4.69) is 10.2 Å². The molecule has 0 saturated carbocycles. The highest BCUT2D eigenvalue weighted by Crippen LogP contribution is 2.18. The number of carbonyl (C=O) groups is 2. The molecule has 2 heterocycles. The first-order chi connectivity index (χ1) is 10.1. The highest BCUT2D eigenvalue weighted by molar-refractivity contribution is 5.83. The van der Waals surface area contributed by atoms with Gasteiger partial charge in [-0.1, -0.05) is 0 Å². The number of nitrogens with zero attached hydrogens (tertiary/aromatic N) is 2. The number of hydrogen-bond donors (Lipinski definition) is 3. The second-order valence-corrected chi connectivity index (χ2v) is 5.44. The number of carboxylic acids is 1. The number of morpholine rings is 1. The number of aliphatic carboxylic acids is 1. The Labute approximate surface area is 123 Å². The quantitative estimate of drug-likeness (QED) is 0.559. The normalized spacial score (nSPS) is 26.8. The summed E-state index contributed by atoms with van der Waals surface area (Å²) in [6.07, 6.45) is 0.140. The van der Waals surface area contributed by atoms with Crippen molar-refractivity contribution in [2.45, 2.75) is 25.0 Å². The van der Waals surface area contributed by atoms with Gasteiger partial charge < -0.3 is 25.2 Å². The molecule has 21 heavy (non-hydrogen) atoms. The third kappa shape index (κ3) is 4.55. The van der Waals surface area contributed by atoms with E-state index in [4.69, 9.17) is 9.84 Å². The van der Waals surface area contributed by atoms with Crippen molar-refractivity contribution in [2.24, 2.45) is 0 Å². The summed E-state index contributed by atoms with van der Waals surface area (Å²) in [6, 6.07) is -1.35. The maximum absolute atomic E-state index is 12.0. The van der Waals surface area contributed by atoms with Gasteiger partial charge in [0.2, 0.25) is 0 Å². The lowest BCUT2D eigenvalue weighted by atomic mass is 10.2. The van der Waals surface area contributed by atoms with Gasteiger partial charge in [0, 0.05) is 32.6 Å². The number of rotatable bonds is 5. The minimum atomic E-state index is -1.07. The van der Waals surface area contributed by atoms with Gasteiger partial charge in [0.05, 0.1) is 19.3 Å². The van der Waals surface area contributed by atoms with Crippen molar-refractivity contribution in [3.05, 3.63) is 0 Å². The van der Waals surface area contributed by atoms with E-state index in [0.29, 0.717) is 6.54 Å². The summed E-state index contributed by atoms with van der Waals surface area (Å²) in [5, 5.41) is 21.3. The number of β-amino-alcohol motifs (C(OH)–C–C–N with tert-alkyl or cyclic N) is 1. The molecule has 8 heteroatoms. The van der Waals surface area contributed by atoms with E-state index in [0.717, 1.165) is 39.3 Å². The lowest BCUT2D eigenvalue weighted by molar-refractivity contribution is -0.141. The van der Waals surface area contributed by atoms with E-state index in [-0.39, 0.29) is 13.0 Å². The Balaban J connectivity index is 1.67. The number of carbonyl (C=O) groups excluding carboxylic acids is 1. The van der Waals surface area contributed by atoms with E-state index in [9.17, 15) is 14.7 Å². The van der Waals surface area contributed by atoms with Crippen LogP contribution in [0.15, 0.2) is 0 Å². The van der Waals surface area contributed by atoms with E-state index >= 15 is 0 Å². The number of nitrogens with one attached hydrogen (secondary N) is 1. The van der Waals surface area contributed by atoms with Crippen LogP contribution in [-0.2, 0) is 9.53 Å². The molecule has 2 saturated heterocycles. The van der Waals surface area contributed by atoms with E-state index in [1.165, 1.54) is 4.90 Å². The van der Waals surface area contributed by atoms with Crippen LogP contribution >= 0.6 is 0 Å². The minimum Gasteiger partial charge on any atom is -0.480 e. The summed E-state index contributed by atoms with van der Waals surface area (Å²) in [5.74, 6) is -1.07. The number of carboxylic acid groups (broad SMARTS) is 1. The fraction of sp³-hybridized carbons (Fsp3) is 0.846. The van der Waals surface area contributed by atoms with Crippen LogP contribution in [0.25, 0.3) is 0 Å². The standard InChI is InChI=1S/C13H23N3O5/c17-10-8-11(12(18)19)16(9-10)13(20)14-2-1-3-15-4-6-21-7-5-15/h10-11,17H,1-9H2,(H,14,20)(H,18,19)/t10-,11-/m0/s1. The van der Waals surface area contributed by atoms with Crippen LogP contribution in [0.3, 0.4) is 0 Å². The maximum Gasteiger partial charge on any atom is 0.326 e. The van der Waals surface area contributed by atoms with Crippen LogP contribution in [0, 0.1) is 0 Å². The Bertz CT molecular complexity index is 373. The first-order valence-electron chi connectivity index (χ1n) is 7.33. The van der Waals surface area contributed by atoms with Crippen LogP contribution in [0.2, 0.25) is 0 Å². The number of hydrogen-bond acceptors (Lipinski definition) is 5. The topological polar surface area (TPSA) is 102 Å². The van der Waals surface area contributed by atoms with Gasteiger partial charge in [0.15, 0.2) is 0 Å². The second-order valence-electron chi connectivity index (χ2n) is 5.44. The Kier molecular flexibility index (Phi) is 5.77. The van der Waals surface area contributed by atoms with E-state index in [1.807, 2.05) is 0 Å². The Morgan fingerprint density at radius 1 is 1.29 bits per heavy atom. The van der Waals surface area contributed by atoms with Gasteiger partial charge in [0.25, 0.3) is 0 Å². The third-order valence-electron chi connectivity index (χ3n) is 3.86. The maximum atomic E-state index is 12.0. The smallest absolute Gasteiger partial charge is 0.326 e. The van der Waals surface area contributed by atoms with Crippen LogP contribution < -0.4 is 5.32 Å². The van der Waals surface area contributed by atoms with Gasteiger partial charge >= 0.3 is 12.0 Å². The molecule has 0 radical (unpaired) electrons. The van der Waals surface area contributed by atoms with Crippen molar-refractivity contribution < 1.29 is 24.5 Å². The molecule has 0 aliphatic carbocycles. The fourth-order valence-electron chi connectivity index (χ4n) is 2.70. The van der Waals surface area contributed by atoms with Crippen molar-refractivity contribution in [1.29, 1.82) is 0 Å². The molecule has 0 bridgehead atoms. The molecule has 2 aliphatic rings. The number of urea groups is 1. The lowest BCUT2D eigenvalue weighted by Crippen LogP contribution is -2.46. The number of aliphatic hydroxyl groups is 1. The first kappa shape index (κ1) is 16.0. The summed E-state index contributed by atoms with van der Waals surface area (Å²) in [7, 11) is 0. The monoisotopic (exact) mass is 301 g/mol. The summed E-state index contributed by atoms with van der Waals surface area (Å²) >= 11 is 0. The molecule has 3 N–H and O–H groups in total. The number of amides is 2. The fourth-order valence-corrected chi connectivity index (χ4v) is 2.70. The van der Waals surface area contributed by atoms with Gasteiger partial charge in [-0.3, -0.25) is 4.90 Å². The predicted octanol–water partition coefficient (Wildman–Crippen LogP) is -1.06. The molecular weight excluding hydrogens is 278 g/mol. The zero-order chi connectivity index (χ0) is 15.2. The number of likely N-dealkylation sites (tertiary alicyclic amines) is 1. The Morgan fingerprint density at radius 3 is 2.67 bits per heavy atom. The molecule has 0 aromatic carbocycles. The molecular formula is C13H23N3O5. The van der Waals surface area contributed by atoms with Crippen LogP contribution in [-0.4, -0.2) is 90.1 Å². The van der Waals surface area contributed by atoms with Crippen LogP contribution in [0.5, 0.6) is 0 Å². The van der Waals surface area contributed by atoms with Gasteiger partial charge in [0.1, 0.15) is 6.04 Å². The van der Waals surface area contributed by atoms with Crippen molar-refractivity contribution in [2.75, 3.05) is 45.9 Å². The molecule has 0 aromatic rings. The van der Waals surface area contributed by atoms with E-state index in [1.54, 1.807) is 0 Å². The van der Waals surface area contributed by atoms with Crippen LogP contribution in [0.1, 0.15) is 12.8 Å². The van der Waals surface area contributed by atoms with E-state index < -0.39 is 24.1 Å². The lowest BCUT2D eigenvalue weighted by Gasteiger charge is -2.26. The molecule has 0 spiro atoms. The van der Waals surface area contributed by atoms with Crippen molar-refractivity contribution >= 4 is 12.0 Å². The second kappa shape index (κ2) is 7.58. The van der Waals surface area contributed by atoms with Gasteiger partial charge in [-0.05, 0) is 13.0 Å². The SMILES string of the molecule is O=C(O)[C@@H]1C[C@H](O)CN1C(=O)NCCCN1CCOCC1. The third-order valence-corrected chi connectivity index (χ3v) is 3.86. The average molecular weight is 301 g/mol. The average Bonchev–Trinajstić information content (AvgIpc) is 2.87. The Hall–Kier alpha value is -1.38. The molecule has 8 nitrogen and oxygen atoms in total. The summed E-state index contributed by atoms with van der Waals surface area (Å²) in [4.78, 5) is 26.5. The van der Waals surface area contributed by atoms with Gasteiger partial charge in [-0.2, -0.15) is 0 Å². The minimum absolute atomic E-state index is 0.0757. The summed E-state index contributed by atoms with van der Waals surface area (Å²) in [5.41, 5.74) is 0. The molecule has 0 unspecified atom stereocenters. The summed E-state index contributed by atoms with van der Waals surface area (Å²) < 4.78 is 5.26. The predicted molar refractivity (Wildman–Crippen MR) is 74.0 cm³/mol. The van der Waals surface area contributed by atoms with Crippen LogP contribution in [0.4, 0.5) is 4.79 Å². The zero-order valence-electron chi connectivity index (χ0n) is 12.0. The van der Waals surface area contributed by atoms with Crippen molar-refractivity contribution in [3.63, 3.8) is 0 Å². The molecule has 0 aromatic heterocycles. The number of aliphatic hydroxyl groups excluding tert-OH is 1. The van der Waals surface area contributed by atoms with Crippen molar-refractivity contribution in [3.8, 4) is 0 Å². The van der Waals surface area contributed by atoms with Gasteiger partial charge in [-0.25, -0.2) is 9.59 Å². The number of ether oxygens (including phenoxy) is 1. The molecule has 2 atom stereocenters. The first-order valence-corrected chi connectivity index (χ1v) is 7.33. The molecule has 2 rings (SSSR count). The van der Waals surface area contributed by atoms with Crippen molar-refractivity contribution in [1.82, 2.24) is 15.1 Å². The molecule has 2 fully saturated rings. The highest BCUT2D eigenvalue weighted by atomic mass is 16.5. The largest absolute Gasteiger partial charge is 0.480 e. The molecule has 2 amide bonds. The Morgan fingerprint density at radius 2 is 2.00 bits per heavy atom. The zero-order valence-corrected chi connectivity index (χ0v) is 12.0. The highest BCUT2D eigenvalue weighted by Gasteiger charge is 2.38.